The van der Waals surface area contributed by atoms with Gasteiger partial charge in [0, 0.05) is 0 Å². The lowest BCUT2D eigenvalue weighted by Gasteiger charge is -2.10. The molecule has 6 nitrogen and oxygen atoms in total. The van der Waals surface area contributed by atoms with Gasteiger partial charge in [-0.2, -0.15) is 16.8 Å². The van der Waals surface area contributed by atoms with E-state index >= 15 is 0 Å². The van der Waals surface area contributed by atoms with Crippen LogP contribution >= 0.6 is 0 Å². The molecule has 0 bridgehead atoms. The number of allylic oxidation sites excluding steroid dienone is 1. The van der Waals surface area contributed by atoms with Crippen molar-refractivity contribution < 1.29 is 25.9 Å². The molecule has 0 saturated heterocycles. The highest BCUT2D eigenvalue weighted by molar-refractivity contribution is 8.04. The zero-order valence-electron chi connectivity index (χ0n) is 7.00. The van der Waals surface area contributed by atoms with Crippen LogP contribution in [-0.4, -0.2) is 30.5 Å². The highest BCUT2D eigenvalue weighted by atomic mass is 32.3. The monoisotopic (exact) mass is 230 g/mol. The van der Waals surface area contributed by atoms with Crippen molar-refractivity contribution in [1.29, 1.82) is 0 Å². The summed E-state index contributed by atoms with van der Waals surface area (Å²) >= 11 is 0. The molecule has 0 aromatic heterocycles. The quantitative estimate of drug-likeness (QED) is 0.524. The summed E-state index contributed by atoms with van der Waals surface area (Å²) in [6, 6.07) is 0. The van der Waals surface area contributed by atoms with Crippen LogP contribution in [0.4, 0.5) is 0 Å². The van der Waals surface area contributed by atoms with Gasteiger partial charge >= 0.3 is 0 Å². The van der Waals surface area contributed by atoms with E-state index in [4.69, 9.17) is 9.11 Å². The van der Waals surface area contributed by atoms with Crippen molar-refractivity contribution in [2.24, 2.45) is 0 Å². The van der Waals surface area contributed by atoms with Crippen LogP contribution in [0.15, 0.2) is 11.6 Å². The number of rotatable bonds is 3. The zero-order chi connectivity index (χ0) is 10.9. The Hall–Kier alpha value is -0.440. The zero-order valence-corrected chi connectivity index (χ0v) is 8.63. The molecule has 13 heavy (non-hydrogen) atoms. The largest absolute Gasteiger partial charge is 0.288 e. The summed E-state index contributed by atoms with van der Waals surface area (Å²) in [7, 11) is -9.68. The molecule has 0 aromatic carbocycles. The molecule has 0 saturated carbocycles. The second kappa shape index (κ2) is 3.74. The molecule has 0 amide bonds. The van der Waals surface area contributed by atoms with Crippen molar-refractivity contribution in [3.05, 3.63) is 11.6 Å². The molecule has 0 rings (SSSR count). The first-order chi connectivity index (χ1) is 5.60. The van der Waals surface area contributed by atoms with Gasteiger partial charge in [-0.3, -0.25) is 9.11 Å². The van der Waals surface area contributed by atoms with Crippen LogP contribution in [-0.2, 0) is 20.2 Å². The van der Waals surface area contributed by atoms with E-state index in [1.165, 1.54) is 19.9 Å². The second-order valence-electron chi connectivity index (χ2n) is 2.39. The summed E-state index contributed by atoms with van der Waals surface area (Å²) < 4.78 is 56.9. The highest BCUT2D eigenvalue weighted by Gasteiger charge is 2.36. The van der Waals surface area contributed by atoms with Crippen LogP contribution in [0.25, 0.3) is 0 Å². The molecule has 0 aliphatic heterocycles. The molecule has 0 atom stereocenters. The topological polar surface area (TPSA) is 109 Å². The van der Waals surface area contributed by atoms with Crippen LogP contribution < -0.4 is 0 Å². The van der Waals surface area contributed by atoms with Crippen LogP contribution in [0, 0.1) is 0 Å². The van der Waals surface area contributed by atoms with Gasteiger partial charge in [0.15, 0.2) is 0 Å². The molecule has 0 aliphatic rings. The minimum absolute atomic E-state index is 0.162. The fourth-order valence-electron chi connectivity index (χ4n) is 0.760. The Balaban J connectivity index is 5.55. The van der Waals surface area contributed by atoms with Crippen LogP contribution in [0.1, 0.15) is 13.8 Å². The van der Waals surface area contributed by atoms with Crippen molar-refractivity contribution >= 4 is 20.2 Å². The van der Waals surface area contributed by atoms with Gasteiger partial charge in [-0.1, -0.05) is 6.08 Å². The Bertz CT molecular complexity index is 368. The first-order valence-electron chi connectivity index (χ1n) is 3.16. The molecule has 78 valence electrons. The van der Waals surface area contributed by atoms with Crippen LogP contribution in [0.3, 0.4) is 0 Å². The number of hydrogen-bond acceptors (Lipinski definition) is 4. The minimum atomic E-state index is -4.84. The van der Waals surface area contributed by atoms with E-state index in [1.807, 2.05) is 0 Å². The SMILES string of the molecule is CC=C(C)C(S(=O)(=O)O)S(=O)(=O)O. The molecular weight excluding hydrogens is 220 g/mol. The third-order valence-corrected chi connectivity index (χ3v) is 4.65. The fraction of sp³-hybridized carbons (Fsp3) is 0.600. The summed E-state index contributed by atoms with van der Waals surface area (Å²) in [5.41, 5.74) is -0.162. The molecule has 0 spiro atoms. The summed E-state index contributed by atoms with van der Waals surface area (Å²) in [5, 5.41) is 0. The van der Waals surface area contributed by atoms with E-state index < -0.39 is 24.8 Å². The summed E-state index contributed by atoms with van der Waals surface area (Å²) in [6.07, 6.45) is 1.17. The third-order valence-electron chi connectivity index (χ3n) is 1.37. The maximum absolute atomic E-state index is 10.6. The van der Waals surface area contributed by atoms with Gasteiger partial charge in [0.05, 0.1) is 0 Å². The van der Waals surface area contributed by atoms with Gasteiger partial charge in [0.25, 0.3) is 20.2 Å². The molecule has 8 heteroatoms. The molecule has 2 N–H and O–H groups in total. The van der Waals surface area contributed by atoms with Crippen molar-refractivity contribution in [2.45, 2.75) is 18.4 Å². The van der Waals surface area contributed by atoms with E-state index in [1.54, 1.807) is 0 Å². The Morgan fingerprint density at radius 3 is 1.54 bits per heavy atom. The standard InChI is InChI=1S/C5H10O6S2/c1-3-4(2)5(12(6,7)8)13(9,10)11/h3,5H,1-2H3,(H,6,7,8)(H,9,10,11). The molecular formula is C5H10O6S2. The van der Waals surface area contributed by atoms with Crippen LogP contribution in [0.5, 0.6) is 0 Å². The Labute approximate surface area is 76.8 Å². The highest BCUT2D eigenvalue weighted by Crippen LogP contribution is 2.16. The summed E-state index contributed by atoms with van der Waals surface area (Å²) in [5.74, 6) is 0. The Morgan fingerprint density at radius 1 is 1.15 bits per heavy atom. The maximum atomic E-state index is 10.6. The maximum Gasteiger partial charge on any atom is 0.288 e. The predicted octanol–water partition coefficient (Wildman–Crippen LogP) is 0.0543. The Kier molecular flexibility index (Phi) is 3.62. The molecule has 0 fully saturated rings. The van der Waals surface area contributed by atoms with Gasteiger partial charge in [-0.15, -0.1) is 0 Å². The lowest BCUT2D eigenvalue weighted by molar-refractivity contribution is 0.460. The minimum Gasteiger partial charge on any atom is -0.284 e. The van der Waals surface area contributed by atoms with Gasteiger partial charge < -0.3 is 0 Å². The molecule has 0 radical (unpaired) electrons. The van der Waals surface area contributed by atoms with Gasteiger partial charge in [-0.25, -0.2) is 0 Å². The van der Waals surface area contributed by atoms with E-state index in [2.05, 4.69) is 0 Å². The average molecular weight is 230 g/mol. The Morgan fingerprint density at radius 2 is 1.46 bits per heavy atom. The van der Waals surface area contributed by atoms with E-state index in [0.717, 1.165) is 0 Å². The van der Waals surface area contributed by atoms with Crippen molar-refractivity contribution in [3.63, 3.8) is 0 Å². The average Bonchev–Trinajstić information content (AvgIpc) is 1.80. The van der Waals surface area contributed by atoms with E-state index in [9.17, 15) is 16.8 Å². The van der Waals surface area contributed by atoms with Crippen molar-refractivity contribution in [3.8, 4) is 0 Å². The molecule has 0 aromatic rings. The van der Waals surface area contributed by atoms with Crippen LogP contribution in [0.2, 0.25) is 0 Å². The van der Waals surface area contributed by atoms with Crippen molar-refractivity contribution in [2.75, 3.05) is 0 Å². The smallest absolute Gasteiger partial charge is 0.284 e. The molecule has 0 heterocycles. The molecule has 0 aliphatic carbocycles. The normalized spacial score (nSPS) is 15.0. The molecule has 0 unspecified atom stereocenters. The van der Waals surface area contributed by atoms with Crippen molar-refractivity contribution in [1.82, 2.24) is 0 Å². The first kappa shape index (κ1) is 12.6. The summed E-state index contributed by atoms with van der Waals surface area (Å²) in [4.78, 5) is 0. The van der Waals surface area contributed by atoms with Gasteiger partial charge in [-0.05, 0) is 19.4 Å². The summed E-state index contributed by atoms with van der Waals surface area (Å²) in [6.45, 7) is 2.56. The predicted molar refractivity (Wildman–Crippen MR) is 46.3 cm³/mol. The fourth-order valence-corrected chi connectivity index (χ4v) is 3.20. The number of hydrogen-bond donors (Lipinski definition) is 2. The van der Waals surface area contributed by atoms with Gasteiger partial charge in [0.2, 0.25) is 4.58 Å². The first-order valence-corrected chi connectivity index (χ1v) is 6.16. The lowest BCUT2D eigenvalue weighted by Crippen LogP contribution is -2.30. The van der Waals surface area contributed by atoms with E-state index in [0.29, 0.717) is 0 Å². The second-order valence-corrected chi connectivity index (χ2v) is 5.70. The third kappa shape index (κ3) is 3.43. The van der Waals surface area contributed by atoms with Gasteiger partial charge in [0.1, 0.15) is 0 Å². The lowest BCUT2D eigenvalue weighted by atomic mass is 10.3. The van der Waals surface area contributed by atoms with E-state index in [-0.39, 0.29) is 5.57 Å².